The average Bonchev–Trinajstić information content (AvgIpc) is 3.41. The summed E-state index contributed by atoms with van der Waals surface area (Å²) in [5, 5.41) is 5.39. The van der Waals surface area contributed by atoms with Crippen LogP contribution in [0.4, 0.5) is 0 Å². The Hall–Kier alpha value is -2.80. The topological polar surface area (TPSA) is 63.6 Å². The molecule has 0 spiro atoms. The van der Waals surface area contributed by atoms with Gasteiger partial charge < -0.3 is 19.5 Å². The number of carbonyl (C=O) groups excluding carboxylic acids is 2. The van der Waals surface area contributed by atoms with Crippen molar-refractivity contribution >= 4 is 33.4 Å². The minimum absolute atomic E-state index is 0.0629. The molecule has 0 unspecified atom stereocenters. The van der Waals surface area contributed by atoms with Gasteiger partial charge in [-0.05, 0) is 74.7 Å². The Balaban J connectivity index is 1.48. The summed E-state index contributed by atoms with van der Waals surface area (Å²) < 4.78 is 8.89. The predicted molar refractivity (Wildman–Crippen MR) is 140 cm³/mol. The van der Waals surface area contributed by atoms with Crippen LogP contribution in [0.25, 0.3) is 10.2 Å². The summed E-state index contributed by atoms with van der Waals surface area (Å²) in [4.78, 5) is 29.6. The first-order valence-electron chi connectivity index (χ1n) is 12.7. The molecular weight excluding hydrogens is 458 g/mol. The van der Waals surface area contributed by atoms with E-state index in [9.17, 15) is 9.59 Å². The molecule has 0 radical (unpaired) electrons. The third-order valence-electron chi connectivity index (χ3n) is 7.60. The van der Waals surface area contributed by atoms with Gasteiger partial charge in [0.1, 0.15) is 17.0 Å². The van der Waals surface area contributed by atoms with Gasteiger partial charge in [-0.2, -0.15) is 0 Å². The molecule has 186 valence electrons. The van der Waals surface area contributed by atoms with Gasteiger partial charge >= 0.3 is 0 Å². The second kappa shape index (κ2) is 9.34. The van der Waals surface area contributed by atoms with Gasteiger partial charge in [-0.1, -0.05) is 31.9 Å². The van der Waals surface area contributed by atoms with E-state index in [2.05, 4.69) is 12.2 Å². The Morgan fingerprint density at radius 3 is 2.66 bits per heavy atom. The number of fused-ring (bicyclic) bond motifs is 3. The highest BCUT2D eigenvalue weighted by molar-refractivity contribution is 7.17. The van der Waals surface area contributed by atoms with Crippen LogP contribution in [-0.2, 0) is 17.9 Å². The highest BCUT2D eigenvalue weighted by Crippen LogP contribution is 2.36. The lowest BCUT2D eigenvalue weighted by Gasteiger charge is -2.45. The fourth-order valence-electron chi connectivity index (χ4n) is 5.50. The van der Waals surface area contributed by atoms with Crippen molar-refractivity contribution in [2.24, 2.45) is 5.92 Å². The van der Waals surface area contributed by atoms with Gasteiger partial charge in [-0.15, -0.1) is 11.3 Å². The largest absolute Gasteiger partial charge is 0.491 e. The first-order chi connectivity index (χ1) is 16.8. The van der Waals surface area contributed by atoms with Gasteiger partial charge in [0.05, 0.1) is 22.9 Å². The average molecular weight is 494 g/mol. The summed E-state index contributed by atoms with van der Waals surface area (Å²) >= 11 is 1.63. The number of ether oxygens (including phenoxy) is 1. The molecule has 2 amide bonds. The third-order valence-corrected chi connectivity index (χ3v) is 8.45. The number of rotatable bonds is 6. The molecule has 1 fully saturated rings. The van der Waals surface area contributed by atoms with Crippen LogP contribution in [0.2, 0.25) is 0 Å². The van der Waals surface area contributed by atoms with Crippen molar-refractivity contribution in [2.75, 3.05) is 0 Å². The SMILES string of the molecule is CC(C)Oc1ccc(CN2C(=O)c3cc4sccc4n3C[C@]2(C)C(=O)N[C@@H]2CCCC[C@H]2C)cc1. The zero-order valence-electron chi connectivity index (χ0n) is 21.0. The van der Waals surface area contributed by atoms with Crippen LogP contribution >= 0.6 is 11.3 Å². The maximum Gasteiger partial charge on any atom is 0.271 e. The molecule has 1 aliphatic heterocycles. The molecule has 7 heteroatoms. The number of aromatic nitrogens is 1. The standard InChI is InChI=1S/C28H35N3O3S/c1-18(2)34-21-11-9-20(10-12-21)16-31-26(32)24-15-25-23(13-14-35-25)30(24)17-28(31,4)27(33)29-22-8-6-5-7-19(22)3/h9-15,18-19,22H,5-8,16-17H2,1-4H3,(H,29,33)/t19-,22-,28-/m1/s1. The van der Waals surface area contributed by atoms with Gasteiger partial charge in [0.15, 0.2) is 0 Å². The molecule has 1 aliphatic carbocycles. The van der Waals surface area contributed by atoms with Gasteiger partial charge in [0.25, 0.3) is 5.91 Å². The summed E-state index contributed by atoms with van der Waals surface area (Å²) in [6, 6.07) is 12.0. The van der Waals surface area contributed by atoms with Crippen LogP contribution in [0.15, 0.2) is 41.8 Å². The first-order valence-corrected chi connectivity index (χ1v) is 13.6. The minimum Gasteiger partial charge on any atom is -0.491 e. The smallest absolute Gasteiger partial charge is 0.271 e. The molecule has 6 nitrogen and oxygen atoms in total. The summed E-state index contributed by atoms with van der Waals surface area (Å²) in [7, 11) is 0. The fourth-order valence-corrected chi connectivity index (χ4v) is 6.33. The lowest BCUT2D eigenvalue weighted by molar-refractivity contribution is -0.134. The van der Waals surface area contributed by atoms with Crippen molar-refractivity contribution < 1.29 is 14.3 Å². The van der Waals surface area contributed by atoms with Crippen molar-refractivity contribution in [1.29, 1.82) is 0 Å². The quantitative estimate of drug-likeness (QED) is 0.486. The number of thiophene rings is 1. The monoisotopic (exact) mass is 493 g/mol. The van der Waals surface area contributed by atoms with Crippen LogP contribution in [0.3, 0.4) is 0 Å². The Kier molecular flexibility index (Phi) is 6.38. The molecule has 1 saturated carbocycles. The molecule has 3 aromatic rings. The number of nitrogens with zero attached hydrogens (tertiary/aromatic N) is 2. The number of nitrogens with one attached hydrogen (secondary N) is 1. The molecule has 2 aromatic heterocycles. The highest BCUT2D eigenvalue weighted by atomic mass is 32.1. The normalized spacial score (nSPS) is 24.6. The van der Waals surface area contributed by atoms with E-state index in [0.29, 0.717) is 24.7 Å². The number of hydrogen-bond acceptors (Lipinski definition) is 4. The maximum absolute atomic E-state index is 13.9. The van der Waals surface area contributed by atoms with E-state index in [1.54, 1.807) is 16.2 Å². The summed E-state index contributed by atoms with van der Waals surface area (Å²) in [5.74, 6) is 1.08. The number of amides is 2. The molecule has 0 bridgehead atoms. The zero-order chi connectivity index (χ0) is 24.7. The second-order valence-electron chi connectivity index (χ2n) is 10.6. The number of benzene rings is 1. The highest BCUT2D eigenvalue weighted by Gasteiger charge is 2.48. The van der Waals surface area contributed by atoms with Crippen LogP contribution in [0, 0.1) is 5.92 Å². The van der Waals surface area contributed by atoms with E-state index in [-0.39, 0.29) is 24.0 Å². The van der Waals surface area contributed by atoms with Gasteiger partial charge in [-0.3, -0.25) is 9.59 Å². The summed E-state index contributed by atoms with van der Waals surface area (Å²) in [5.41, 5.74) is 1.66. The minimum atomic E-state index is -0.998. The molecule has 1 aromatic carbocycles. The van der Waals surface area contributed by atoms with Crippen LogP contribution in [0.1, 0.15) is 69.4 Å². The molecule has 1 N–H and O–H groups in total. The van der Waals surface area contributed by atoms with E-state index in [0.717, 1.165) is 40.8 Å². The van der Waals surface area contributed by atoms with E-state index in [1.807, 2.05) is 67.1 Å². The van der Waals surface area contributed by atoms with Crippen molar-refractivity contribution in [1.82, 2.24) is 14.8 Å². The Morgan fingerprint density at radius 2 is 1.94 bits per heavy atom. The van der Waals surface area contributed by atoms with E-state index >= 15 is 0 Å². The van der Waals surface area contributed by atoms with Crippen molar-refractivity contribution in [3.63, 3.8) is 0 Å². The molecule has 5 rings (SSSR count). The Morgan fingerprint density at radius 1 is 1.20 bits per heavy atom. The van der Waals surface area contributed by atoms with Crippen molar-refractivity contribution in [2.45, 2.75) is 84.2 Å². The fraction of sp³-hybridized carbons (Fsp3) is 0.500. The first kappa shape index (κ1) is 23.9. The molecule has 35 heavy (non-hydrogen) atoms. The van der Waals surface area contributed by atoms with Crippen LogP contribution in [-0.4, -0.2) is 39.0 Å². The number of hydrogen-bond donors (Lipinski definition) is 1. The molecule has 2 aliphatic rings. The zero-order valence-corrected chi connectivity index (χ0v) is 21.9. The van der Waals surface area contributed by atoms with Crippen LogP contribution < -0.4 is 10.1 Å². The van der Waals surface area contributed by atoms with Gasteiger partial charge in [-0.25, -0.2) is 0 Å². The predicted octanol–water partition coefficient (Wildman–Crippen LogP) is 5.60. The maximum atomic E-state index is 13.9. The summed E-state index contributed by atoms with van der Waals surface area (Å²) in [6.07, 6.45) is 4.58. The van der Waals surface area contributed by atoms with Gasteiger partial charge in [0, 0.05) is 12.6 Å². The van der Waals surface area contributed by atoms with Crippen molar-refractivity contribution in [3.05, 3.63) is 53.0 Å². The molecular formula is C28H35N3O3S. The molecule has 3 heterocycles. The lowest BCUT2D eigenvalue weighted by Crippen LogP contribution is -2.65. The van der Waals surface area contributed by atoms with E-state index < -0.39 is 5.54 Å². The van der Waals surface area contributed by atoms with Crippen molar-refractivity contribution in [3.8, 4) is 5.75 Å². The lowest BCUT2D eigenvalue weighted by atomic mass is 9.85. The van der Waals surface area contributed by atoms with E-state index in [4.69, 9.17) is 4.74 Å². The number of carbonyl (C=O) groups is 2. The molecule has 3 atom stereocenters. The molecule has 0 saturated heterocycles. The Labute approximate surface area is 211 Å². The van der Waals surface area contributed by atoms with Crippen LogP contribution in [0.5, 0.6) is 5.75 Å². The van der Waals surface area contributed by atoms with E-state index in [1.165, 1.54) is 6.42 Å². The second-order valence-corrected chi connectivity index (χ2v) is 11.6. The Bertz CT molecular complexity index is 1230. The van der Waals surface area contributed by atoms with Gasteiger partial charge in [0.2, 0.25) is 5.91 Å². The summed E-state index contributed by atoms with van der Waals surface area (Å²) in [6.45, 7) is 8.94. The third kappa shape index (κ3) is 4.46.